The highest BCUT2D eigenvalue weighted by atomic mass is 19.1. The van der Waals surface area contributed by atoms with E-state index in [-0.39, 0.29) is 11.6 Å². The molecule has 0 fully saturated rings. The number of nitrogens with zero attached hydrogens (tertiary/aromatic N) is 1. The predicted molar refractivity (Wildman–Crippen MR) is 61.1 cm³/mol. The van der Waals surface area contributed by atoms with Gasteiger partial charge in [0.15, 0.2) is 5.76 Å². The third-order valence-corrected chi connectivity index (χ3v) is 2.35. The van der Waals surface area contributed by atoms with Gasteiger partial charge in [-0.25, -0.2) is 9.37 Å². The molecule has 1 unspecified atom stereocenters. The Morgan fingerprint density at radius 2 is 2.24 bits per heavy atom. The predicted octanol–water partition coefficient (Wildman–Crippen LogP) is 2.51. The van der Waals surface area contributed by atoms with Crippen molar-refractivity contribution >= 4 is 0 Å². The van der Waals surface area contributed by atoms with E-state index in [4.69, 9.17) is 14.9 Å². The minimum atomic E-state index is -0.420. The molecule has 5 heteroatoms. The first-order valence-corrected chi connectivity index (χ1v) is 5.17. The summed E-state index contributed by atoms with van der Waals surface area (Å²) >= 11 is 0. The number of hydrogen-bond donors (Lipinski definition) is 1. The average Bonchev–Trinajstić information content (AvgIpc) is 2.77. The molecule has 0 aliphatic heterocycles. The summed E-state index contributed by atoms with van der Waals surface area (Å²) in [6, 6.07) is 4.24. The Hall–Kier alpha value is -1.88. The van der Waals surface area contributed by atoms with E-state index in [1.54, 1.807) is 19.1 Å². The zero-order valence-electron chi connectivity index (χ0n) is 9.61. The van der Waals surface area contributed by atoms with Gasteiger partial charge in [0.1, 0.15) is 11.6 Å². The van der Waals surface area contributed by atoms with Crippen LogP contribution in [0.4, 0.5) is 4.39 Å². The summed E-state index contributed by atoms with van der Waals surface area (Å²) in [5.41, 5.74) is 5.89. The first kappa shape index (κ1) is 11.6. The Labute approximate surface area is 98.2 Å². The molecule has 0 aliphatic rings. The second kappa shape index (κ2) is 4.55. The molecule has 1 heterocycles. The molecule has 1 aromatic carbocycles. The van der Waals surface area contributed by atoms with Crippen LogP contribution in [0.3, 0.4) is 0 Å². The van der Waals surface area contributed by atoms with Crippen LogP contribution >= 0.6 is 0 Å². The van der Waals surface area contributed by atoms with Crippen molar-refractivity contribution in [2.75, 3.05) is 7.11 Å². The van der Waals surface area contributed by atoms with Crippen LogP contribution in [0, 0.1) is 5.82 Å². The first-order valence-electron chi connectivity index (χ1n) is 5.17. The van der Waals surface area contributed by atoms with E-state index in [2.05, 4.69) is 4.98 Å². The van der Waals surface area contributed by atoms with Crippen molar-refractivity contribution in [3.63, 3.8) is 0 Å². The lowest BCUT2D eigenvalue weighted by Crippen LogP contribution is -2.04. The van der Waals surface area contributed by atoms with Gasteiger partial charge in [0.05, 0.1) is 24.9 Å². The van der Waals surface area contributed by atoms with E-state index in [1.165, 1.54) is 19.4 Å². The van der Waals surface area contributed by atoms with Gasteiger partial charge in [-0.3, -0.25) is 0 Å². The summed E-state index contributed by atoms with van der Waals surface area (Å²) < 4.78 is 24.2. The zero-order valence-corrected chi connectivity index (χ0v) is 9.61. The standard InChI is InChI=1S/C12H13FN2O2/c1-7(14)12-15-6-10(17-12)11-8(13)4-3-5-9(11)16-2/h3-7H,14H2,1-2H3. The second-order valence-electron chi connectivity index (χ2n) is 3.67. The Balaban J connectivity index is 2.51. The summed E-state index contributed by atoms with van der Waals surface area (Å²) in [6.07, 6.45) is 1.44. The van der Waals surface area contributed by atoms with E-state index < -0.39 is 5.82 Å². The average molecular weight is 236 g/mol. The lowest BCUT2D eigenvalue weighted by atomic mass is 10.1. The Kier molecular flexibility index (Phi) is 3.10. The van der Waals surface area contributed by atoms with Crippen LogP contribution in [0.1, 0.15) is 18.9 Å². The summed E-state index contributed by atoms with van der Waals surface area (Å²) in [6.45, 7) is 1.74. The number of benzene rings is 1. The molecule has 1 atom stereocenters. The molecule has 90 valence electrons. The molecule has 0 amide bonds. The molecule has 0 aliphatic carbocycles. The number of hydrogen-bond acceptors (Lipinski definition) is 4. The van der Waals surface area contributed by atoms with Crippen LogP contribution in [-0.4, -0.2) is 12.1 Å². The number of rotatable bonds is 3. The summed E-state index contributed by atoms with van der Waals surface area (Å²) in [7, 11) is 1.47. The Morgan fingerprint density at radius 1 is 1.47 bits per heavy atom. The molecule has 0 radical (unpaired) electrons. The highest BCUT2D eigenvalue weighted by Crippen LogP contribution is 2.33. The van der Waals surface area contributed by atoms with Gasteiger partial charge in [0.25, 0.3) is 0 Å². The van der Waals surface area contributed by atoms with Crippen molar-refractivity contribution in [3.05, 3.63) is 36.1 Å². The third kappa shape index (κ3) is 2.14. The largest absolute Gasteiger partial charge is 0.496 e. The molecular weight excluding hydrogens is 223 g/mol. The second-order valence-corrected chi connectivity index (χ2v) is 3.67. The SMILES string of the molecule is COc1cccc(F)c1-c1cnc(C(C)N)o1. The van der Waals surface area contributed by atoms with Crippen molar-refractivity contribution in [2.24, 2.45) is 5.73 Å². The molecule has 0 spiro atoms. The Bertz CT molecular complexity index is 523. The lowest BCUT2D eigenvalue weighted by Gasteiger charge is -2.06. The zero-order chi connectivity index (χ0) is 12.4. The van der Waals surface area contributed by atoms with Gasteiger partial charge in [0, 0.05) is 0 Å². The topological polar surface area (TPSA) is 61.3 Å². The van der Waals surface area contributed by atoms with E-state index in [0.29, 0.717) is 17.4 Å². The quantitative estimate of drug-likeness (QED) is 0.889. The fourth-order valence-electron chi connectivity index (χ4n) is 1.53. The number of oxazole rings is 1. The van der Waals surface area contributed by atoms with Crippen LogP contribution in [0.25, 0.3) is 11.3 Å². The van der Waals surface area contributed by atoms with Crippen LogP contribution in [0.15, 0.2) is 28.8 Å². The van der Waals surface area contributed by atoms with Crippen molar-refractivity contribution in [1.82, 2.24) is 4.98 Å². The van der Waals surface area contributed by atoms with Gasteiger partial charge in [-0.1, -0.05) is 6.07 Å². The number of aromatic nitrogens is 1. The van der Waals surface area contributed by atoms with Gasteiger partial charge in [-0.2, -0.15) is 0 Å². The molecule has 2 rings (SSSR count). The number of nitrogens with two attached hydrogens (primary N) is 1. The Morgan fingerprint density at radius 3 is 2.82 bits per heavy atom. The molecule has 0 saturated carbocycles. The van der Waals surface area contributed by atoms with E-state index >= 15 is 0 Å². The molecule has 1 aromatic heterocycles. The minimum Gasteiger partial charge on any atom is -0.496 e. The van der Waals surface area contributed by atoms with E-state index in [0.717, 1.165) is 0 Å². The molecule has 2 aromatic rings. The summed E-state index contributed by atoms with van der Waals surface area (Å²) in [5, 5.41) is 0. The van der Waals surface area contributed by atoms with Gasteiger partial charge >= 0.3 is 0 Å². The highest BCUT2D eigenvalue weighted by molar-refractivity contribution is 5.65. The van der Waals surface area contributed by atoms with Crippen molar-refractivity contribution in [2.45, 2.75) is 13.0 Å². The lowest BCUT2D eigenvalue weighted by molar-refractivity contribution is 0.409. The fourth-order valence-corrected chi connectivity index (χ4v) is 1.53. The van der Waals surface area contributed by atoms with Gasteiger partial charge in [-0.05, 0) is 19.1 Å². The molecular formula is C12H13FN2O2. The number of ether oxygens (including phenoxy) is 1. The summed E-state index contributed by atoms with van der Waals surface area (Å²) in [4.78, 5) is 3.99. The minimum absolute atomic E-state index is 0.259. The van der Waals surface area contributed by atoms with Gasteiger partial charge in [0.2, 0.25) is 5.89 Å². The van der Waals surface area contributed by atoms with Crippen LogP contribution in [-0.2, 0) is 0 Å². The molecule has 0 saturated heterocycles. The van der Waals surface area contributed by atoms with Crippen LogP contribution < -0.4 is 10.5 Å². The van der Waals surface area contributed by atoms with Crippen molar-refractivity contribution in [3.8, 4) is 17.1 Å². The van der Waals surface area contributed by atoms with E-state index in [1.807, 2.05) is 0 Å². The normalized spacial score (nSPS) is 12.5. The monoisotopic (exact) mass is 236 g/mol. The van der Waals surface area contributed by atoms with E-state index in [9.17, 15) is 4.39 Å². The number of halogens is 1. The number of methoxy groups -OCH3 is 1. The summed E-state index contributed by atoms with van der Waals surface area (Å²) in [5.74, 6) is 0.659. The third-order valence-electron chi connectivity index (χ3n) is 2.35. The van der Waals surface area contributed by atoms with Crippen molar-refractivity contribution < 1.29 is 13.5 Å². The maximum Gasteiger partial charge on any atom is 0.211 e. The van der Waals surface area contributed by atoms with Gasteiger partial charge in [-0.15, -0.1) is 0 Å². The fraction of sp³-hybridized carbons (Fsp3) is 0.250. The van der Waals surface area contributed by atoms with Crippen LogP contribution in [0.2, 0.25) is 0 Å². The smallest absolute Gasteiger partial charge is 0.211 e. The van der Waals surface area contributed by atoms with Crippen molar-refractivity contribution in [1.29, 1.82) is 0 Å². The molecule has 17 heavy (non-hydrogen) atoms. The first-order chi connectivity index (χ1) is 8.13. The maximum absolute atomic E-state index is 13.7. The highest BCUT2D eigenvalue weighted by Gasteiger charge is 2.17. The van der Waals surface area contributed by atoms with Gasteiger partial charge < -0.3 is 14.9 Å². The van der Waals surface area contributed by atoms with Crippen LogP contribution in [0.5, 0.6) is 5.75 Å². The molecule has 2 N–H and O–H groups in total. The molecule has 0 bridgehead atoms. The molecule has 4 nitrogen and oxygen atoms in total. The maximum atomic E-state index is 13.7.